The number of rotatable bonds is 7. The molecule has 1 rings (SSSR count). The van der Waals surface area contributed by atoms with E-state index in [4.69, 9.17) is 0 Å². The van der Waals surface area contributed by atoms with Crippen LogP contribution in [-0.2, 0) is 0 Å². The number of hydrogen-bond acceptors (Lipinski definition) is 3. The van der Waals surface area contributed by atoms with Gasteiger partial charge in [-0.25, -0.2) is 4.31 Å². The number of unbranched alkanes of at least 4 members (excludes halogenated alkanes) is 1. The van der Waals surface area contributed by atoms with Gasteiger partial charge >= 0.3 is 0 Å². The first kappa shape index (κ1) is 13.3. The molecule has 0 fully saturated rings. The van der Waals surface area contributed by atoms with Crippen molar-refractivity contribution in [3.05, 3.63) is 24.3 Å². The summed E-state index contributed by atoms with van der Waals surface area (Å²) in [7, 11) is 0. The number of benzene rings is 1. The number of hydrogen-bond donors (Lipinski definition) is 0. The summed E-state index contributed by atoms with van der Waals surface area (Å²) in [5, 5.41) is 0. The van der Waals surface area contributed by atoms with Gasteiger partial charge in [0.05, 0.1) is 0 Å². The minimum atomic E-state index is 0.251. The summed E-state index contributed by atoms with van der Waals surface area (Å²) in [6.07, 6.45) is 2.40. The molecule has 16 heavy (non-hydrogen) atoms. The van der Waals surface area contributed by atoms with Crippen molar-refractivity contribution in [3.63, 3.8) is 0 Å². The third-order valence-corrected chi connectivity index (χ3v) is 3.44. The van der Waals surface area contributed by atoms with Crippen molar-refractivity contribution in [2.24, 2.45) is 0 Å². The minimum absolute atomic E-state index is 0.251. The first-order valence-electron chi connectivity index (χ1n) is 5.61. The maximum absolute atomic E-state index is 11.8. The zero-order valence-corrected chi connectivity index (χ0v) is 10.6. The molecule has 0 saturated carbocycles. The van der Waals surface area contributed by atoms with Crippen LogP contribution in [-0.4, -0.2) is 17.4 Å². The summed E-state index contributed by atoms with van der Waals surface area (Å²) in [5.74, 6) is 0.251. The number of halogens is 1. The van der Waals surface area contributed by atoms with E-state index in [-0.39, 0.29) is 5.75 Å². The summed E-state index contributed by atoms with van der Waals surface area (Å²) in [4.78, 5) is 4.75. The Morgan fingerprint density at radius 1 is 1.25 bits per heavy atom. The maximum atomic E-state index is 11.8. The van der Waals surface area contributed by atoms with E-state index in [1.54, 1.807) is 24.1 Å². The molecule has 0 unspecified atom stereocenters. The van der Waals surface area contributed by atoms with Crippen molar-refractivity contribution in [3.8, 4) is 5.75 Å². The Morgan fingerprint density at radius 2 is 1.94 bits per heavy atom. The molecule has 0 N–H and O–H groups in total. The average molecular weight is 243 g/mol. The first-order valence-corrected chi connectivity index (χ1v) is 6.39. The second-order valence-corrected chi connectivity index (χ2v) is 4.69. The van der Waals surface area contributed by atoms with Gasteiger partial charge in [0.2, 0.25) is 0 Å². The molecule has 90 valence electrons. The van der Waals surface area contributed by atoms with E-state index in [0.29, 0.717) is 0 Å². The summed E-state index contributed by atoms with van der Waals surface area (Å²) < 4.78 is 14.1. The van der Waals surface area contributed by atoms with Gasteiger partial charge in [0.1, 0.15) is 0 Å². The summed E-state index contributed by atoms with van der Waals surface area (Å²) in [6.45, 7) is 6.42. The molecule has 0 amide bonds. The van der Waals surface area contributed by atoms with Gasteiger partial charge in [0.25, 0.3) is 0 Å². The van der Waals surface area contributed by atoms with Gasteiger partial charge in [0.15, 0.2) is 5.75 Å². The van der Waals surface area contributed by atoms with Crippen LogP contribution in [0, 0.1) is 0 Å². The average Bonchev–Trinajstić information content (AvgIpc) is 2.35. The Hall–Kier alpha value is -0.740. The van der Waals surface area contributed by atoms with Crippen LogP contribution in [0.2, 0.25) is 0 Å². The van der Waals surface area contributed by atoms with Crippen molar-refractivity contribution in [1.82, 2.24) is 4.31 Å². The molecule has 0 aliphatic heterocycles. The maximum Gasteiger partial charge on any atom is 0.171 e. The monoisotopic (exact) mass is 243 g/mol. The molecular formula is C12H18FNOS. The molecule has 0 atom stereocenters. The highest BCUT2D eigenvalue weighted by atomic mass is 32.2. The number of nitrogens with zero attached hydrogens (tertiary/aromatic N) is 1. The lowest BCUT2D eigenvalue weighted by atomic mass is 10.3. The molecule has 1 aromatic carbocycles. The summed E-state index contributed by atoms with van der Waals surface area (Å²) >= 11 is 1.70. The van der Waals surface area contributed by atoms with Crippen LogP contribution >= 0.6 is 11.9 Å². The van der Waals surface area contributed by atoms with Gasteiger partial charge in [-0.1, -0.05) is 20.3 Å². The molecule has 0 aliphatic rings. The van der Waals surface area contributed by atoms with Crippen LogP contribution in [0.5, 0.6) is 5.75 Å². The van der Waals surface area contributed by atoms with E-state index in [0.717, 1.165) is 18.0 Å². The van der Waals surface area contributed by atoms with Gasteiger partial charge in [-0.15, -0.1) is 0 Å². The molecule has 1 aromatic rings. The van der Waals surface area contributed by atoms with E-state index < -0.39 is 0 Å². The first-order chi connectivity index (χ1) is 7.80. The molecule has 2 nitrogen and oxygen atoms in total. The van der Waals surface area contributed by atoms with Crippen LogP contribution in [0.3, 0.4) is 0 Å². The SMILES string of the molecule is CCCCN(CC)Sc1ccc(OF)cc1. The molecule has 4 heteroatoms. The molecule has 0 aliphatic carbocycles. The Labute approximate surface area is 101 Å². The highest BCUT2D eigenvalue weighted by Gasteiger charge is 2.04. The normalized spacial score (nSPS) is 10.8. The van der Waals surface area contributed by atoms with Crippen LogP contribution in [0.4, 0.5) is 4.53 Å². The second kappa shape index (κ2) is 7.52. The third-order valence-electron chi connectivity index (χ3n) is 2.26. The quantitative estimate of drug-likeness (QED) is 0.670. The van der Waals surface area contributed by atoms with E-state index >= 15 is 0 Å². The summed E-state index contributed by atoms with van der Waals surface area (Å²) in [5.41, 5.74) is 0. The van der Waals surface area contributed by atoms with Crippen molar-refractivity contribution in [1.29, 1.82) is 0 Å². The highest BCUT2D eigenvalue weighted by molar-refractivity contribution is 7.97. The van der Waals surface area contributed by atoms with Crippen molar-refractivity contribution < 1.29 is 9.47 Å². The lowest BCUT2D eigenvalue weighted by molar-refractivity contribution is -0.00626. The fraction of sp³-hybridized carbons (Fsp3) is 0.500. The summed E-state index contributed by atoms with van der Waals surface area (Å²) in [6, 6.07) is 7.01. The van der Waals surface area contributed by atoms with Crippen LogP contribution < -0.4 is 4.94 Å². The topological polar surface area (TPSA) is 12.5 Å². The van der Waals surface area contributed by atoms with Gasteiger partial charge in [-0.05, 0) is 42.6 Å². The lowest BCUT2D eigenvalue weighted by Gasteiger charge is -2.18. The van der Waals surface area contributed by atoms with E-state index in [2.05, 4.69) is 23.1 Å². The fourth-order valence-electron chi connectivity index (χ4n) is 1.30. The second-order valence-electron chi connectivity index (χ2n) is 3.52. The van der Waals surface area contributed by atoms with Crippen molar-refractivity contribution >= 4 is 11.9 Å². The molecule has 0 saturated heterocycles. The minimum Gasteiger partial charge on any atom is -0.294 e. The zero-order chi connectivity index (χ0) is 11.8. The van der Waals surface area contributed by atoms with Crippen molar-refractivity contribution in [2.45, 2.75) is 31.6 Å². The van der Waals surface area contributed by atoms with Crippen LogP contribution in [0.1, 0.15) is 26.7 Å². The predicted molar refractivity (Wildman–Crippen MR) is 66.2 cm³/mol. The predicted octanol–water partition coefficient (Wildman–Crippen LogP) is 4.08. The smallest absolute Gasteiger partial charge is 0.171 e. The fourth-order valence-corrected chi connectivity index (χ4v) is 2.21. The Kier molecular flexibility index (Phi) is 6.26. The highest BCUT2D eigenvalue weighted by Crippen LogP contribution is 2.25. The molecular weight excluding hydrogens is 225 g/mol. The van der Waals surface area contributed by atoms with Crippen molar-refractivity contribution in [2.75, 3.05) is 13.1 Å². The standard InChI is InChI=1S/C12H18FNOS/c1-3-5-10-14(4-2)16-12-8-6-11(15-13)7-9-12/h6-9H,3-5,10H2,1-2H3. The molecule has 0 heterocycles. The zero-order valence-electron chi connectivity index (χ0n) is 9.78. The Balaban J connectivity index is 2.49. The Morgan fingerprint density at radius 3 is 2.44 bits per heavy atom. The molecule has 0 bridgehead atoms. The van der Waals surface area contributed by atoms with Crippen LogP contribution in [0.15, 0.2) is 29.2 Å². The van der Waals surface area contributed by atoms with E-state index in [1.165, 1.54) is 12.8 Å². The van der Waals surface area contributed by atoms with Gasteiger partial charge in [-0.3, -0.25) is 4.94 Å². The van der Waals surface area contributed by atoms with E-state index in [1.807, 2.05) is 12.1 Å². The molecule has 0 radical (unpaired) electrons. The van der Waals surface area contributed by atoms with E-state index in [9.17, 15) is 4.53 Å². The molecule has 0 aromatic heterocycles. The van der Waals surface area contributed by atoms with Gasteiger partial charge in [0, 0.05) is 22.5 Å². The van der Waals surface area contributed by atoms with Gasteiger partial charge in [-0.2, -0.15) is 0 Å². The Bertz CT molecular complexity index is 292. The van der Waals surface area contributed by atoms with Gasteiger partial charge < -0.3 is 0 Å². The third kappa shape index (κ3) is 4.41. The van der Waals surface area contributed by atoms with Crippen LogP contribution in [0.25, 0.3) is 0 Å². The largest absolute Gasteiger partial charge is 0.294 e. The molecule has 0 spiro atoms. The lowest BCUT2D eigenvalue weighted by Crippen LogP contribution is -2.15.